The van der Waals surface area contributed by atoms with Crippen LogP contribution in [0.15, 0.2) is 72.8 Å². The summed E-state index contributed by atoms with van der Waals surface area (Å²) < 4.78 is 38.7. The summed E-state index contributed by atoms with van der Waals surface area (Å²) >= 11 is 0. The van der Waals surface area contributed by atoms with Crippen LogP contribution in [-0.2, 0) is 17.4 Å². The van der Waals surface area contributed by atoms with Crippen LogP contribution in [0.4, 0.5) is 30.2 Å². The zero-order valence-electron chi connectivity index (χ0n) is 17.7. The summed E-state index contributed by atoms with van der Waals surface area (Å²) in [4.78, 5) is 27.2. The van der Waals surface area contributed by atoms with Gasteiger partial charge in [0.15, 0.2) is 0 Å². The minimum absolute atomic E-state index is 0.0352. The summed E-state index contributed by atoms with van der Waals surface area (Å²) in [5.41, 5.74) is 2.10. The van der Waals surface area contributed by atoms with Crippen LogP contribution in [0.5, 0.6) is 0 Å². The molecule has 0 radical (unpaired) electrons. The lowest BCUT2D eigenvalue weighted by atomic mass is 10.0. The van der Waals surface area contributed by atoms with Crippen molar-refractivity contribution in [3.63, 3.8) is 0 Å². The molecule has 170 valence electrons. The number of amides is 2. The third-order valence-corrected chi connectivity index (χ3v) is 5.40. The van der Waals surface area contributed by atoms with Gasteiger partial charge in [-0.05, 0) is 60.9 Å². The Balaban J connectivity index is 1.41. The summed E-state index contributed by atoms with van der Waals surface area (Å²) in [6.45, 7) is 0.960. The van der Waals surface area contributed by atoms with E-state index in [2.05, 4.69) is 16.7 Å². The highest BCUT2D eigenvalue weighted by molar-refractivity contribution is 6.05. The van der Waals surface area contributed by atoms with Gasteiger partial charge in [-0.2, -0.15) is 13.2 Å². The predicted octanol–water partition coefficient (Wildman–Crippen LogP) is 5.35. The highest BCUT2D eigenvalue weighted by Crippen LogP contribution is 2.31. The van der Waals surface area contributed by atoms with Crippen LogP contribution in [0, 0.1) is 0 Å². The number of para-hydroxylation sites is 1. The Kier molecular flexibility index (Phi) is 6.35. The van der Waals surface area contributed by atoms with E-state index in [0.717, 1.165) is 37.2 Å². The molecule has 0 saturated heterocycles. The number of alkyl halides is 3. The smallest absolute Gasteiger partial charge is 0.362 e. The highest BCUT2D eigenvalue weighted by atomic mass is 19.4. The summed E-state index contributed by atoms with van der Waals surface area (Å²) in [6.07, 6.45) is -2.55. The van der Waals surface area contributed by atoms with Crippen molar-refractivity contribution in [2.75, 3.05) is 28.6 Å². The third kappa shape index (κ3) is 5.52. The van der Waals surface area contributed by atoms with E-state index in [9.17, 15) is 22.8 Å². The molecule has 0 fully saturated rings. The topological polar surface area (TPSA) is 61.4 Å². The van der Waals surface area contributed by atoms with Crippen molar-refractivity contribution in [3.05, 3.63) is 89.5 Å². The van der Waals surface area contributed by atoms with Crippen LogP contribution in [0.2, 0.25) is 0 Å². The number of halogens is 3. The molecular weight excluding hydrogens is 431 g/mol. The van der Waals surface area contributed by atoms with Gasteiger partial charge in [0, 0.05) is 29.2 Å². The summed E-state index contributed by atoms with van der Waals surface area (Å²) in [6, 6.07) is 18.7. The van der Waals surface area contributed by atoms with E-state index < -0.39 is 17.6 Å². The van der Waals surface area contributed by atoms with Gasteiger partial charge in [-0.3, -0.25) is 9.59 Å². The second kappa shape index (κ2) is 9.36. The molecule has 0 aromatic heterocycles. The van der Waals surface area contributed by atoms with Crippen LogP contribution in [0.3, 0.4) is 0 Å². The molecular formula is C25H22F3N3O2. The number of carbonyl (C=O) groups is 2. The minimum Gasteiger partial charge on any atom is -0.362 e. The summed E-state index contributed by atoms with van der Waals surface area (Å²) in [5.74, 6) is -0.794. The molecule has 0 saturated carbocycles. The first-order valence-electron chi connectivity index (χ1n) is 10.5. The lowest BCUT2D eigenvalue weighted by Gasteiger charge is -2.30. The molecule has 1 aliphatic heterocycles. The molecule has 2 N–H and O–H groups in total. The number of benzene rings is 3. The van der Waals surface area contributed by atoms with Gasteiger partial charge in [-0.15, -0.1) is 0 Å². The molecule has 3 aromatic carbocycles. The Morgan fingerprint density at radius 3 is 2.39 bits per heavy atom. The minimum atomic E-state index is -4.50. The van der Waals surface area contributed by atoms with Gasteiger partial charge in [0.1, 0.15) is 0 Å². The molecule has 0 atom stereocenters. The normalized spacial score (nSPS) is 13.2. The number of fused-ring (bicyclic) bond motifs is 1. The highest BCUT2D eigenvalue weighted by Gasteiger charge is 2.30. The second-order valence-corrected chi connectivity index (χ2v) is 7.82. The van der Waals surface area contributed by atoms with Crippen molar-refractivity contribution in [1.29, 1.82) is 0 Å². The Bertz CT molecular complexity index is 1180. The maximum atomic E-state index is 12.9. The molecule has 0 bridgehead atoms. The Hall–Kier alpha value is -3.81. The third-order valence-electron chi connectivity index (χ3n) is 5.40. The summed E-state index contributed by atoms with van der Waals surface area (Å²) in [5, 5.41) is 5.27. The van der Waals surface area contributed by atoms with E-state index in [1.54, 1.807) is 12.1 Å². The van der Waals surface area contributed by atoms with Gasteiger partial charge in [0.25, 0.3) is 5.91 Å². The summed E-state index contributed by atoms with van der Waals surface area (Å²) in [7, 11) is 0. The van der Waals surface area contributed by atoms with E-state index in [4.69, 9.17) is 0 Å². The van der Waals surface area contributed by atoms with Gasteiger partial charge in [-0.25, -0.2) is 0 Å². The van der Waals surface area contributed by atoms with Gasteiger partial charge in [0.2, 0.25) is 5.91 Å². The first-order valence-corrected chi connectivity index (χ1v) is 10.5. The van der Waals surface area contributed by atoms with Gasteiger partial charge >= 0.3 is 6.18 Å². The van der Waals surface area contributed by atoms with E-state index in [1.807, 2.05) is 23.1 Å². The molecule has 1 aliphatic rings. The van der Waals surface area contributed by atoms with Gasteiger partial charge in [-0.1, -0.05) is 30.3 Å². The molecule has 5 nitrogen and oxygen atoms in total. The number of carbonyl (C=O) groups excluding carboxylic acids is 2. The standard InChI is InChI=1S/C25H22F3N3O2/c26-25(27,28)19-9-4-11-21(15-19)30-24(33)18-7-3-10-20(14-18)29-23(32)16-31-13-5-8-17-6-1-2-12-22(17)31/h1-4,6-7,9-12,14-15H,5,8,13,16H2,(H,29,32)(H,30,33). The van der Waals surface area contributed by atoms with E-state index in [1.165, 1.54) is 29.8 Å². The van der Waals surface area contributed by atoms with Crippen LogP contribution in [-0.4, -0.2) is 24.9 Å². The SMILES string of the molecule is O=C(CN1CCCc2ccccc21)Nc1cccc(C(=O)Nc2cccc(C(F)(F)F)c2)c1. The Morgan fingerprint density at radius 2 is 1.61 bits per heavy atom. The van der Waals surface area contributed by atoms with Crippen LogP contribution in [0.25, 0.3) is 0 Å². The zero-order chi connectivity index (χ0) is 23.4. The molecule has 0 unspecified atom stereocenters. The maximum absolute atomic E-state index is 12.9. The van der Waals surface area contributed by atoms with Crippen LogP contribution in [0.1, 0.15) is 27.9 Å². The molecule has 3 aromatic rings. The maximum Gasteiger partial charge on any atom is 0.416 e. The van der Waals surface area contributed by atoms with Crippen LogP contribution < -0.4 is 15.5 Å². The molecule has 4 rings (SSSR count). The van der Waals surface area contributed by atoms with E-state index in [0.29, 0.717) is 5.69 Å². The van der Waals surface area contributed by atoms with E-state index >= 15 is 0 Å². The number of anilines is 3. The molecule has 33 heavy (non-hydrogen) atoms. The number of rotatable bonds is 5. The predicted molar refractivity (Wildman–Crippen MR) is 121 cm³/mol. The Labute approximate surface area is 189 Å². The number of hydrogen-bond donors (Lipinski definition) is 2. The number of aryl methyl sites for hydroxylation is 1. The van der Waals surface area contributed by atoms with Gasteiger partial charge < -0.3 is 15.5 Å². The second-order valence-electron chi connectivity index (χ2n) is 7.82. The molecule has 0 spiro atoms. The Morgan fingerprint density at radius 1 is 0.879 bits per heavy atom. The quantitative estimate of drug-likeness (QED) is 0.548. The fourth-order valence-corrected chi connectivity index (χ4v) is 3.86. The lowest BCUT2D eigenvalue weighted by molar-refractivity contribution is -0.137. The van der Waals surface area contributed by atoms with Crippen molar-refractivity contribution >= 4 is 28.9 Å². The molecule has 1 heterocycles. The van der Waals surface area contributed by atoms with E-state index in [-0.39, 0.29) is 23.7 Å². The molecule has 8 heteroatoms. The van der Waals surface area contributed by atoms with Crippen molar-refractivity contribution in [2.45, 2.75) is 19.0 Å². The zero-order valence-corrected chi connectivity index (χ0v) is 17.7. The van der Waals surface area contributed by atoms with Crippen molar-refractivity contribution in [2.24, 2.45) is 0 Å². The molecule has 0 aliphatic carbocycles. The van der Waals surface area contributed by atoms with Crippen molar-refractivity contribution < 1.29 is 22.8 Å². The van der Waals surface area contributed by atoms with Gasteiger partial charge in [0.05, 0.1) is 12.1 Å². The number of nitrogens with zero attached hydrogens (tertiary/aromatic N) is 1. The number of nitrogens with one attached hydrogen (secondary N) is 2. The molecule has 2 amide bonds. The fourth-order valence-electron chi connectivity index (χ4n) is 3.86. The largest absolute Gasteiger partial charge is 0.416 e. The monoisotopic (exact) mass is 453 g/mol. The first kappa shape index (κ1) is 22.4. The average Bonchev–Trinajstić information content (AvgIpc) is 2.79. The fraction of sp³-hybridized carbons (Fsp3) is 0.200. The number of hydrogen-bond acceptors (Lipinski definition) is 3. The lowest BCUT2D eigenvalue weighted by Crippen LogP contribution is -2.36. The first-order chi connectivity index (χ1) is 15.8. The van der Waals surface area contributed by atoms with Crippen molar-refractivity contribution in [1.82, 2.24) is 0 Å². The van der Waals surface area contributed by atoms with Crippen molar-refractivity contribution in [3.8, 4) is 0 Å². The average molecular weight is 453 g/mol. The van der Waals surface area contributed by atoms with Crippen LogP contribution >= 0.6 is 0 Å².